The van der Waals surface area contributed by atoms with Gasteiger partial charge < -0.3 is 24.5 Å². The number of ether oxygens (including phenoxy) is 2. The first-order valence-corrected chi connectivity index (χ1v) is 12.0. The number of hydrogen-bond acceptors (Lipinski definition) is 7. The van der Waals surface area contributed by atoms with Crippen LogP contribution in [-0.4, -0.2) is 45.8 Å². The summed E-state index contributed by atoms with van der Waals surface area (Å²) >= 11 is 1.28. The number of thioether (sulfide) groups is 1. The number of para-hydroxylation sites is 1. The van der Waals surface area contributed by atoms with Crippen LogP contribution in [0.1, 0.15) is 5.56 Å². The van der Waals surface area contributed by atoms with Gasteiger partial charge in [-0.05, 0) is 36.2 Å². The quantitative estimate of drug-likeness (QED) is 0.313. The summed E-state index contributed by atoms with van der Waals surface area (Å²) in [7, 11) is 3.11. The van der Waals surface area contributed by atoms with Gasteiger partial charge in [-0.1, -0.05) is 54.2 Å². The average Bonchev–Trinajstić information content (AvgIpc) is 3.29. The summed E-state index contributed by atoms with van der Waals surface area (Å²) in [5, 5.41) is 22.5. The third-order valence-corrected chi connectivity index (χ3v) is 6.31. The van der Waals surface area contributed by atoms with Crippen molar-refractivity contribution in [1.82, 2.24) is 14.8 Å². The minimum atomic E-state index is -0.208. The minimum absolute atomic E-state index is 0.124. The number of anilines is 1. The molecule has 35 heavy (non-hydrogen) atoms. The molecule has 9 heteroatoms. The number of nitrogens with one attached hydrogen (secondary N) is 1. The number of hydrogen-bond donors (Lipinski definition) is 2. The largest absolute Gasteiger partial charge is 0.507 e. The van der Waals surface area contributed by atoms with Gasteiger partial charge in [0.2, 0.25) is 5.91 Å². The maximum absolute atomic E-state index is 12.7. The fourth-order valence-electron chi connectivity index (χ4n) is 3.56. The van der Waals surface area contributed by atoms with Gasteiger partial charge >= 0.3 is 0 Å². The highest BCUT2D eigenvalue weighted by molar-refractivity contribution is 7.99. The monoisotopic (exact) mass is 490 g/mol. The maximum Gasteiger partial charge on any atom is 0.234 e. The summed E-state index contributed by atoms with van der Waals surface area (Å²) in [5.41, 5.74) is 2.32. The van der Waals surface area contributed by atoms with Gasteiger partial charge in [0.15, 0.2) is 11.0 Å². The number of nitrogens with zero attached hydrogens (tertiary/aromatic N) is 3. The third-order valence-electron chi connectivity index (χ3n) is 5.34. The van der Waals surface area contributed by atoms with Crippen molar-refractivity contribution in [2.75, 3.05) is 25.3 Å². The fourth-order valence-corrected chi connectivity index (χ4v) is 4.33. The van der Waals surface area contributed by atoms with Crippen LogP contribution >= 0.6 is 11.8 Å². The van der Waals surface area contributed by atoms with E-state index in [4.69, 9.17) is 9.47 Å². The van der Waals surface area contributed by atoms with E-state index in [9.17, 15) is 9.90 Å². The molecule has 0 spiro atoms. The molecular weight excluding hydrogens is 464 g/mol. The van der Waals surface area contributed by atoms with E-state index in [1.807, 2.05) is 28.8 Å². The second kappa shape index (κ2) is 11.4. The van der Waals surface area contributed by atoms with Crippen molar-refractivity contribution in [1.29, 1.82) is 0 Å². The van der Waals surface area contributed by atoms with Crippen molar-refractivity contribution in [3.63, 3.8) is 0 Å². The normalized spacial score (nSPS) is 10.7. The number of aryl methyl sites for hydroxylation is 1. The Labute approximate surface area is 207 Å². The van der Waals surface area contributed by atoms with Crippen LogP contribution in [0, 0.1) is 0 Å². The molecule has 3 aromatic carbocycles. The number of carbonyl (C=O) groups excluding carboxylic acids is 1. The second-order valence-corrected chi connectivity index (χ2v) is 8.56. The summed E-state index contributed by atoms with van der Waals surface area (Å²) in [5.74, 6) is 1.74. The van der Waals surface area contributed by atoms with Crippen LogP contribution < -0.4 is 14.8 Å². The van der Waals surface area contributed by atoms with Gasteiger partial charge in [0.1, 0.15) is 17.2 Å². The number of aromatic hydroxyl groups is 1. The summed E-state index contributed by atoms with van der Waals surface area (Å²) < 4.78 is 12.5. The Kier molecular flexibility index (Phi) is 7.89. The second-order valence-electron chi connectivity index (χ2n) is 7.61. The molecule has 2 N–H and O–H groups in total. The Morgan fingerprint density at radius 3 is 2.51 bits per heavy atom. The van der Waals surface area contributed by atoms with Crippen LogP contribution in [0.4, 0.5) is 5.69 Å². The predicted molar refractivity (Wildman–Crippen MR) is 136 cm³/mol. The van der Waals surface area contributed by atoms with E-state index >= 15 is 0 Å². The number of phenolic OH excluding ortho intramolecular Hbond substituents is 1. The molecule has 4 rings (SSSR count). The molecule has 0 radical (unpaired) electrons. The lowest BCUT2D eigenvalue weighted by Gasteiger charge is -2.13. The van der Waals surface area contributed by atoms with E-state index in [1.165, 1.54) is 24.4 Å². The highest BCUT2D eigenvalue weighted by atomic mass is 32.2. The predicted octanol–water partition coefficient (Wildman–Crippen LogP) is 4.64. The van der Waals surface area contributed by atoms with Crippen LogP contribution in [-0.2, 0) is 17.8 Å². The summed E-state index contributed by atoms with van der Waals surface area (Å²) in [6.45, 7) is 0.594. The number of aromatic nitrogens is 3. The van der Waals surface area contributed by atoms with Crippen LogP contribution in [0.3, 0.4) is 0 Å². The first-order chi connectivity index (χ1) is 17.1. The van der Waals surface area contributed by atoms with Gasteiger partial charge in [-0.25, -0.2) is 0 Å². The summed E-state index contributed by atoms with van der Waals surface area (Å²) in [6.07, 6.45) is 0.752. The van der Waals surface area contributed by atoms with Gasteiger partial charge in [-0.2, -0.15) is 0 Å². The number of benzene rings is 3. The molecule has 0 atom stereocenters. The number of amides is 1. The molecule has 0 aliphatic carbocycles. The highest BCUT2D eigenvalue weighted by Gasteiger charge is 2.18. The van der Waals surface area contributed by atoms with Gasteiger partial charge in [0.25, 0.3) is 0 Å². The maximum atomic E-state index is 12.7. The lowest BCUT2D eigenvalue weighted by Crippen LogP contribution is -2.15. The zero-order valence-electron chi connectivity index (χ0n) is 19.5. The van der Waals surface area contributed by atoms with Gasteiger partial charge in [0, 0.05) is 12.6 Å². The molecule has 1 amide bonds. The van der Waals surface area contributed by atoms with Gasteiger partial charge in [-0.15, -0.1) is 10.2 Å². The minimum Gasteiger partial charge on any atom is -0.507 e. The van der Waals surface area contributed by atoms with Crippen LogP contribution in [0.2, 0.25) is 0 Å². The molecule has 1 heterocycles. The Hall–Kier alpha value is -3.98. The molecule has 0 saturated carbocycles. The van der Waals surface area contributed by atoms with Crippen LogP contribution in [0.15, 0.2) is 78.0 Å². The van der Waals surface area contributed by atoms with E-state index in [0.29, 0.717) is 40.3 Å². The van der Waals surface area contributed by atoms with Crippen molar-refractivity contribution in [3.05, 3.63) is 78.4 Å². The number of carbonyl (C=O) groups is 1. The fraction of sp³-hybridized carbons (Fsp3) is 0.192. The molecule has 180 valence electrons. The van der Waals surface area contributed by atoms with E-state index < -0.39 is 0 Å². The zero-order chi connectivity index (χ0) is 24.6. The third kappa shape index (κ3) is 5.93. The van der Waals surface area contributed by atoms with Crippen molar-refractivity contribution in [2.24, 2.45) is 0 Å². The Morgan fingerprint density at radius 1 is 1.00 bits per heavy atom. The van der Waals surface area contributed by atoms with Crippen molar-refractivity contribution < 1.29 is 19.4 Å². The van der Waals surface area contributed by atoms with E-state index in [-0.39, 0.29) is 17.4 Å². The first kappa shape index (κ1) is 24.2. The molecular formula is C26H26N4O4S. The summed E-state index contributed by atoms with van der Waals surface area (Å²) in [6, 6.07) is 22.3. The molecule has 0 saturated heterocycles. The van der Waals surface area contributed by atoms with Crippen molar-refractivity contribution in [3.8, 4) is 28.6 Å². The standard InChI is InChI=1S/C26H26N4O4S/c1-33-19-12-13-21(23(16-19)34-2)27-24(32)17-35-26-29-28-25(20-10-6-7-11-22(20)31)30(26)15-14-18-8-4-3-5-9-18/h3-13,16,31H,14-15,17H2,1-2H3,(H,27,32). The Morgan fingerprint density at radius 2 is 1.77 bits per heavy atom. The van der Waals surface area contributed by atoms with E-state index in [0.717, 1.165) is 6.42 Å². The molecule has 0 fully saturated rings. The summed E-state index contributed by atoms with van der Waals surface area (Å²) in [4.78, 5) is 12.7. The molecule has 1 aromatic heterocycles. The SMILES string of the molecule is COc1ccc(NC(=O)CSc2nnc(-c3ccccc3O)n2CCc2ccccc2)c(OC)c1. The van der Waals surface area contributed by atoms with Gasteiger partial charge in [0.05, 0.1) is 31.2 Å². The molecule has 0 aliphatic heterocycles. The van der Waals surface area contributed by atoms with E-state index in [1.54, 1.807) is 43.5 Å². The number of rotatable bonds is 10. The Balaban J connectivity index is 1.52. The smallest absolute Gasteiger partial charge is 0.234 e. The van der Waals surface area contributed by atoms with E-state index in [2.05, 4.69) is 27.6 Å². The van der Waals surface area contributed by atoms with Crippen LogP contribution in [0.5, 0.6) is 17.2 Å². The lowest BCUT2D eigenvalue weighted by molar-refractivity contribution is -0.113. The Bertz CT molecular complexity index is 1290. The lowest BCUT2D eigenvalue weighted by atomic mass is 10.1. The molecule has 0 aliphatic rings. The van der Waals surface area contributed by atoms with Crippen molar-refractivity contribution >= 4 is 23.4 Å². The van der Waals surface area contributed by atoms with Gasteiger partial charge in [-0.3, -0.25) is 4.79 Å². The molecule has 4 aromatic rings. The topological polar surface area (TPSA) is 98.5 Å². The molecule has 8 nitrogen and oxygen atoms in total. The van der Waals surface area contributed by atoms with Crippen LogP contribution in [0.25, 0.3) is 11.4 Å². The zero-order valence-corrected chi connectivity index (χ0v) is 20.3. The van der Waals surface area contributed by atoms with Crippen molar-refractivity contribution in [2.45, 2.75) is 18.1 Å². The first-order valence-electron chi connectivity index (χ1n) is 11.0. The molecule has 0 unspecified atom stereocenters. The molecule has 0 bridgehead atoms. The highest BCUT2D eigenvalue weighted by Crippen LogP contribution is 2.31. The average molecular weight is 491 g/mol. The number of methoxy groups -OCH3 is 2. The number of phenols is 1.